The van der Waals surface area contributed by atoms with Crippen LogP contribution in [-0.4, -0.2) is 20.7 Å². The summed E-state index contributed by atoms with van der Waals surface area (Å²) in [6, 6.07) is 8.12. The summed E-state index contributed by atoms with van der Waals surface area (Å²) in [5.74, 6) is 0.276. The lowest BCUT2D eigenvalue weighted by atomic mass is 10.1. The van der Waals surface area contributed by atoms with Crippen molar-refractivity contribution in [3.8, 4) is 5.69 Å². The maximum atomic E-state index is 12.8. The van der Waals surface area contributed by atoms with Gasteiger partial charge in [0, 0.05) is 10.8 Å². The molecule has 1 N–H and O–H groups in total. The Kier molecular flexibility index (Phi) is 3.92. The Labute approximate surface area is 150 Å². The van der Waals surface area contributed by atoms with Crippen LogP contribution in [-0.2, 0) is 0 Å². The number of benzene rings is 1. The van der Waals surface area contributed by atoms with E-state index in [1.165, 1.54) is 11.3 Å². The molecule has 4 rings (SSSR count). The molecular formula is C19H20N4OS. The molecule has 1 aliphatic rings. The molecule has 1 aliphatic carbocycles. The van der Waals surface area contributed by atoms with E-state index in [9.17, 15) is 4.79 Å². The number of rotatable bonds is 4. The first kappa shape index (κ1) is 16.0. The summed E-state index contributed by atoms with van der Waals surface area (Å²) in [6.45, 7) is 6.02. The Hall–Kier alpha value is -2.47. The second kappa shape index (κ2) is 6.11. The zero-order valence-corrected chi connectivity index (χ0v) is 15.4. The van der Waals surface area contributed by atoms with Gasteiger partial charge >= 0.3 is 0 Å². The molecule has 2 heterocycles. The second-order valence-electron chi connectivity index (χ2n) is 6.53. The van der Waals surface area contributed by atoms with Crippen molar-refractivity contribution in [3.63, 3.8) is 0 Å². The van der Waals surface area contributed by atoms with Crippen LogP contribution < -0.4 is 5.32 Å². The number of nitrogens with zero attached hydrogens (tertiary/aromatic N) is 3. The highest BCUT2D eigenvalue weighted by molar-refractivity contribution is 7.15. The highest BCUT2D eigenvalue weighted by Gasteiger charge is 2.33. The normalized spacial score (nSPS) is 13.9. The van der Waals surface area contributed by atoms with Crippen LogP contribution in [0.4, 0.5) is 5.13 Å². The van der Waals surface area contributed by atoms with E-state index in [1.807, 2.05) is 36.7 Å². The first-order valence-electron chi connectivity index (χ1n) is 8.44. The van der Waals surface area contributed by atoms with E-state index in [0.29, 0.717) is 16.6 Å². The van der Waals surface area contributed by atoms with Gasteiger partial charge in [0.05, 0.1) is 28.8 Å². The third-order valence-electron chi connectivity index (χ3n) is 4.61. The maximum absolute atomic E-state index is 12.8. The number of aryl methyl sites for hydroxylation is 3. The fraction of sp³-hybridized carbons (Fsp3) is 0.316. The minimum atomic E-state index is -0.129. The first-order chi connectivity index (χ1) is 12.0. The number of aromatic nitrogens is 3. The molecule has 25 heavy (non-hydrogen) atoms. The molecule has 128 valence electrons. The Bertz CT molecular complexity index is 933. The van der Waals surface area contributed by atoms with E-state index in [1.54, 1.807) is 6.20 Å². The number of hydrogen-bond acceptors (Lipinski definition) is 4. The Morgan fingerprint density at radius 2 is 2.00 bits per heavy atom. The highest BCUT2D eigenvalue weighted by atomic mass is 32.1. The number of hydrogen-bond donors (Lipinski definition) is 1. The third-order valence-corrected chi connectivity index (χ3v) is 5.60. The molecule has 0 unspecified atom stereocenters. The molecule has 0 radical (unpaired) electrons. The number of amides is 1. The fourth-order valence-corrected chi connectivity index (χ4v) is 3.78. The topological polar surface area (TPSA) is 59.8 Å². The van der Waals surface area contributed by atoms with Gasteiger partial charge in [-0.15, -0.1) is 11.3 Å². The van der Waals surface area contributed by atoms with Gasteiger partial charge < -0.3 is 0 Å². The first-order valence-corrected chi connectivity index (χ1v) is 9.25. The van der Waals surface area contributed by atoms with Gasteiger partial charge in [-0.3, -0.25) is 10.1 Å². The van der Waals surface area contributed by atoms with Crippen LogP contribution in [0.3, 0.4) is 0 Å². The number of carbonyl (C=O) groups excluding carboxylic acids is 1. The molecule has 6 heteroatoms. The van der Waals surface area contributed by atoms with E-state index < -0.39 is 0 Å². The van der Waals surface area contributed by atoms with Crippen LogP contribution in [0.25, 0.3) is 5.69 Å². The minimum Gasteiger partial charge on any atom is -0.298 e. The van der Waals surface area contributed by atoms with E-state index >= 15 is 0 Å². The molecule has 1 saturated carbocycles. The number of para-hydroxylation sites is 1. The van der Waals surface area contributed by atoms with Crippen molar-refractivity contribution in [2.75, 3.05) is 5.32 Å². The zero-order chi connectivity index (χ0) is 17.6. The predicted molar refractivity (Wildman–Crippen MR) is 99.8 cm³/mol. The van der Waals surface area contributed by atoms with Crippen molar-refractivity contribution in [3.05, 3.63) is 57.9 Å². The molecular weight excluding hydrogens is 332 g/mol. The number of thiazole rings is 1. The van der Waals surface area contributed by atoms with Crippen molar-refractivity contribution >= 4 is 22.4 Å². The third kappa shape index (κ3) is 2.98. The molecule has 1 aromatic carbocycles. The van der Waals surface area contributed by atoms with Gasteiger partial charge in [-0.2, -0.15) is 5.10 Å². The minimum absolute atomic E-state index is 0.129. The lowest BCUT2D eigenvalue weighted by Crippen LogP contribution is -2.14. The molecule has 0 spiro atoms. The van der Waals surface area contributed by atoms with Gasteiger partial charge in [-0.05, 0) is 45.2 Å². The Balaban J connectivity index is 1.71. The van der Waals surface area contributed by atoms with Crippen LogP contribution in [0.2, 0.25) is 0 Å². The van der Waals surface area contributed by atoms with Gasteiger partial charge in [-0.25, -0.2) is 9.67 Å². The lowest BCUT2D eigenvalue weighted by Gasteiger charge is -2.11. The fourth-order valence-electron chi connectivity index (χ4n) is 2.97. The van der Waals surface area contributed by atoms with Crippen LogP contribution in [0.5, 0.6) is 0 Å². The van der Waals surface area contributed by atoms with E-state index in [2.05, 4.69) is 28.4 Å². The average Bonchev–Trinajstić information content (AvgIpc) is 3.25. The van der Waals surface area contributed by atoms with Crippen molar-refractivity contribution in [1.82, 2.24) is 14.8 Å². The molecule has 1 fully saturated rings. The standard InChI is InChI=1S/C19H20N4OS/c1-11-6-4-5-7-16(11)23-17(14-8-9-14)15(10-20-23)18(24)22-19-21-12(2)13(3)25-19/h4-7,10,14H,8-9H2,1-3H3,(H,21,22,24). The van der Waals surface area contributed by atoms with Gasteiger partial charge in [0.25, 0.3) is 5.91 Å². The monoisotopic (exact) mass is 352 g/mol. The predicted octanol–water partition coefficient (Wildman–Crippen LogP) is 4.38. The molecule has 0 atom stereocenters. The van der Waals surface area contributed by atoms with Crippen molar-refractivity contribution < 1.29 is 4.79 Å². The number of carbonyl (C=O) groups is 1. The summed E-state index contributed by atoms with van der Waals surface area (Å²) < 4.78 is 1.93. The molecule has 1 amide bonds. The Morgan fingerprint density at radius 1 is 1.24 bits per heavy atom. The smallest absolute Gasteiger partial charge is 0.260 e. The molecule has 5 nitrogen and oxygen atoms in total. The highest BCUT2D eigenvalue weighted by Crippen LogP contribution is 2.43. The molecule has 0 saturated heterocycles. The van der Waals surface area contributed by atoms with Gasteiger partial charge in [0.1, 0.15) is 0 Å². The summed E-state index contributed by atoms with van der Waals surface area (Å²) in [6.07, 6.45) is 3.89. The van der Waals surface area contributed by atoms with Crippen LogP contribution in [0.1, 0.15) is 50.9 Å². The summed E-state index contributed by atoms with van der Waals surface area (Å²) in [4.78, 5) is 18.3. The average molecular weight is 352 g/mol. The zero-order valence-electron chi connectivity index (χ0n) is 14.5. The van der Waals surface area contributed by atoms with Crippen LogP contribution >= 0.6 is 11.3 Å². The Morgan fingerprint density at radius 3 is 2.64 bits per heavy atom. The summed E-state index contributed by atoms with van der Waals surface area (Å²) in [5, 5.41) is 8.11. The summed E-state index contributed by atoms with van der Waals surface area (Å²) in [5.41, 5.74) is 4.79. The van der Waals surface area contributed by atoms with Crippen molar-refractivity contribution in [1.29, 1.82) is 0 Å². The van der Waals surface area contributed by atoms with E-state index in [0.717, 1.165) is 40.4 Å². The van der Waals surface area contributed by atoms with Crippen LogP contribution in [0, 0.1) is 20.8 Å². The lowest BCUT2D eigenvalue weighted by molar-refractivity contribution is 0.102. The van der Waals surface area contributed by atoms with E-state index in [-0.39, 0.29) is 5.91 Å². The number of nitrogens with one attached hydrogen (secondary N) is 1. The summed E-state index contributed by atoms with van der Waals surface area (Å²) >= 11 is 1.50. The van der Waals surface area contributed by atoms with Gasteiger partial charge in [0.2, 0.25) is 0 Å². The maximum Gasteiger partial charge on any atom is 0.260 e. The van der Waals surface area contributed by atoms with Gasteiger partial charge in [0.15, 0.2) is 5.13 Å². The molecule has 3 aromatic rings. The molecule has 0 bridgehead atoms. The number of anilines is 1. The van der Waals surface area contributed by atoms with Gasteiger partial charge in [-0.1, -0.05) is 18.2 Å². The second-order valence-corrected chi connectivity index (χ2v) is 7.73. The quantitative estimate of drug-likeness (QED) is 0.758. The van der Waals surface area contributed by atoms with Crippen molar-refractivity contribution in [2.45, 2.75) is 39.5 Å². The SMILES string of the molecule is Cc1ccccc1-n1ncc(C(=O)Nc2nc(C)c(C)s2)c1C1CC1. The molecule has 2 aromatic heterocycles. The van der Waals surface area contributed by atoms with Crippen LogP contribution in [0.15, 0.2) is 30.5 Å². The largest absolute Gasteiger partial charge is 0.298 e. The molecule has 0 aliphatic heterocycles. The van der Waals surface area contributed by atoms with Crippen molar-refractivity contribution in [2.24, 2.45) is 0 Å². The summed E-state index contributed by atoms with van der Waals surface area (Å²) in [7, 11) is 0. The van der Waals surface area contributed by atoms with E-state index in [4.69, 9.17) is 0 Å².